The average Bonchev–Trinajstić information content (AvgIpc) is 2.59. The van der Waals surface area contributed by atoms with Gasteiger partial charge >= 0.3 is 0 Å². The molecule has 0 unspecified atom stereocenters. The van der Waals surface area contributed by atoms with Crippen molar-refractivity contribution in [1.82, 2.24) is 5.32 Å². The zero-order chi connectivity index (χ0) is 15.4. The van der Waals surface area contributed by atoms with Crippen molar-refractivity contribution in [2.45, 2.75) is 32.6 Å². The fourth-order valence-corrected chi connectivity index (χ4v) is 3.64. The van der Waals surface area contributed by atoms with Gasteiger partial charge in [0.05, 0.1) is 11.4 Å². The Kier molecular flexibility index (Phi) is 8.88. The Bertz CT molecular complexity index is 521. The molecule has 1 aromatic carbocycles. The van der Waals surface area contributed by atoms with E-state index in [1.54, 1.807) is 0 Å². The third kappa shape index (κ3) is 4.78. The number of carbonyl (C=O) groups excluding carboxylic acids is 1. The second kappa shape index (κ2) is 10.1. The number of hydrogen-bond acceptors (Lipinski definition) is 3. The monoisotopic (exact) mass is 373 g/mol. The first-order valence-corrected chi connectivity index (χ1v) is 8.64. The van der Waals surface area contributed by atoms with E-state index < -0.39 is 0 Å². The highest BCUT2D eigenvalue weighted by atomic mass is 35.5. The van der Waals surface area contributed by atoms with Crippen LogP contribution in [0.15, 0.2) is 24.3 Å². The van der Waals surface area contributed by atoms with Crippen LogP contribution < -0.4 is 15.1 Å². The Morgan fingerprint density at radius 2 is 1.79 bits per heavy atom. The van der Waals surface area contributed by atoms with Gasteiger partial charge in [-0.1, -0.05) is 12.1 Å². The van der Waals surface area contributed by atoms with Crippen LogP contribution in [0.4, 0.5) is 11.4 Å². The minimum absolute atomic E-state index is 0. The van der Waals surface area contributed by atoms with Crippen LogP contribution in [0.2, 0.25) is 0 Å². The molecular weight excluding hydrogens is 345 g/mol. The van der Waals surface area contributed by atoms with E-state index in [1.165, 1.54) is 18.5 Å². The summed E-state index contributed by atoms with van der Waals surface area (Å²) in [6, 6.07) is 8.31. The first-order chi connectivity index (χ1) is 10.8. The fraction of sp³-hybridized carbons (Fsp3) is 0.611. The zero-order valence-electron chi connectivity index (χ0n) is 14.4. The summed E-state index contributed by atoms with van der Waals surface area (Å²) in [7, 11) is 0. The number of carbonyl (C=O) groups is 1. The Balaban J connectivity index is 0.00000144. The lowest BCUT2D eigenvalue weighted by Crippen LogP contribution is -2.44. The highest BCUT2D eigenvalue weighted by Gasteiger charge is 2.26. The fourth-order valence-electron chi connectivity index (χ4n) is 3.64. The van der Waals surface area contributed by atoms with E-state index in [0.29, 0.717) is 12.3 Å². The number of likely N-dealkylation sites (N-methyl/N-ethyl adjacent to an activating group) is 1. The number of piperidine rings is 1. The summed E-state index contributed by atoms with van der Waals surface area (Å²) >= 11 is 0. The molecule has 4 nitrogen and oxygen atoms in total. The smallest absolute Gasteiger partial charge is 0.227 e. The summed E-state index contributed by atoms with van der Waals surface area (Å²) < 4.78 is 0. The predicted octanol–water partition coefficient (Wildman–Crippen LogP) is 3.48. The van der Waals surface area contributed by atoms with E-state index >= 15 is 0 Å². The molecule has 0 atom stereocenters. The van der Waals surface area contributed by atoms with Gasteiger partial charge in [-0.3, -0.25) is 4.79 Å². The van der Waals surface area contributed by atoms with Crippen LogP contribution in [0.1, 0.15) is 32.6 Å². The summed E-state index contributed by atoms with van der Waals surface area (Å²) in [4.78, 5) is 17.0. The molecule has 0 radical (unpaired) electrons. The molecule has 0 bridgehead atoms. The molecule has 6 heteroatoms. The number of nitrogens with one attached hydrogen (secondary N) is 1. The SMILES string of the molecule is CCN1CCN(C(=O)CCC2CCNCC2)c2ccccc21.Cl.Cl. The van der Waals surface area contributed by atoms with Crippen molar-refractivity contribution in [3.05, 3.63) is 24.3 Å². The summed E-state index contributed by atoms with van der Waals surface area (Å²) in [5, 5.41) is 3.39. The molecule has 1 fully saturated rings. The number of halogens is 2. The molecule has 2 heterocycles. The van der Waals surface area contributed by atoms with Crippen molar-refractivity contribution in [3.63, 3.8) is 0 Å². The van der Waals surface area contributed by atoms with Gasteiger partial charge in [-0.2, -0.15) is 0 Å². The predicted molar refractivity (Wildman–Crippen MR) is 106 cm³/mol. The van der Waals surface area contributed by atoms with Gasteiger partial charge in [0.1, 0.15) is 0 Å². The molecule has 0 saturated carbocycles. The molecule has 0 spiro atoms. The molecule has 0 aromatic heterocycles. The lowest BCUT2D eigenvalue weighted by atomic mass is 9.93. The normalized spacial score (nSPS) is 17.5. The lowest BCUT2D eigenvalue weighted by Gasteiger charge is -2.37. The van der Waals surface area contributed by atoms with Gasteiger partial charge in [0.2, 0.25) is 5.91 Å². The number of hydrogen-bond donors (Lipinski definition) is 1. The molecular formula is C18H29Cl2N3O. The van der Waals surface area contributed by atoms with Gasteiger partial charge in [-0.25, -0.2) is 0 Å². The summed E-state index contributed by atoms with van der Waals surface area (Å²) in [6.45, 7) is 7.13. The van der Waals surface area contributed by atoms with Crippen LogP contribution in [-0.4, -0.2) is 38.6 Å². The van der Waals surface area contributed by atoms with Crippen LogP contribution in [0.25, 0.3) is 0 Å². The second-order valence-corrected chi connectivity index (χ2v) is 6.35. The van der Waals surface area contributed by atoms with Crippen LogP contribution in [0, 0.1) is 5.92 Å². The van der Waals surface area contributed by atoms with Crippen LogP contribution in [0.5, 0.6) is 0 Å². The molecule has 136 valence electrons. The Labute approximate surface area is 157 Å². The van der Waals surface area contributed by atoms with Crippen molar-refractivity contribution in [3.8, 4) is 0 Å². The Morgan fingerprint density at radius 1 is 1.12 bits per heavy atom. The first kappa shape index (κ1) is 21.1. The molecule has 24 heavy (non-hydrogen) atoms. The van der Waals surface area contributed by atoms with E-state index in [4.69, 9.17) is 0 Å². The minimum Gasteiger partial charge on any atom is -0.368 e. The summed E-state index contributed by atoms with van der Waals surface area (Å²) in [5.41, 5.74) is 2.29. The standard InChI is InChI=1S/C18H27N3O.2ClH/c1-2-20-13-14-21(17-6-4-3-5-16(17)20)18(22)8-7-15-9-11-19-12-10-15;;/h3-6,15,19H,2,7-14H2,1H3;2*1H. The summed E-state index contributed by atoms with van der Waals surface area (Å²) in [5.74, 6) is 1.01. The van der Waals surface area contributed by atoms with Crippen molar-refractivity contribution in [2.24, 2.45) is 5.92 Å². The average molecular weight is 374 g/mol. The van der Waals surface area contributed by atoms with Crippen LogP contribution in [0.3, 0.4) is 0 Å². The van der Waals surface area contributed by atoms with E-state index in [2.05, 4.69) is 35.3 Å². The van der Waals surface area contributed by atoms with Crippen molar-refractivity contribution in [1.29, 1.82) is 0 Å². The number of rotatable bonds is 4. The molecule has 1 amide bonds. The number of amides is 1. The van der Waals surface area contributed by atoms with E-state index in [9.17, 15) is 4.79 Å². The number of para-hydroxylation sites is 2. The first-order valence-electron chi connectivity index (χ1n) is 8.64. The molecule has 1 aromatic rings. The third-order valence-electron chi connectivity index (χ3n) is 5.01. The van der Waals surface area contributed by atoms with Gasteiger partial charge in [0, 0.05) is 26.1 Å². The number of nitrogens with zero attached hydrogens (tertiary/aromatic N) is 2. The van der Waals surface area contributed by atoms with Gasteiger partial charge in [-0.15, -0.1) is 24.8 Å². The van der Waals surface area contributed by atoms with Crippen LogP contribution in [-0.2, 0) is 4.79 Å². The van der Waals surface area contributed by atoms with Crippen LogP contribution >= 0.6 is 24.8 Å². The molecule has 2 aliphatic heterocycles. The maximum Gasteiger partial charge on any atom is 0.227 e. The van der Waals surface area contributed by atoms with E-state index in [1.807, 2.05) is 11.0 Å². The Hall–Kier alpha value is -0.970. The van der Waals surface area contributed by atoms with E-state index in [-0.39, 0.29) is 24.8 Å². The van der Waals surface area contributed by atoms with Gasteiger partial charge in [0.15, 0.2) is 0 Å². The van der Waals surface area contributed by atoms with E-state index in [0.717, 1.165) is 50.7 Å². The molecule has 0 aliphatic carbocycles. The maximum atomic E-state index is 12.7. The molecule has 1 saturated heterocycles. The third-order valence-corrected chi connectivity index (χ3v) is 5.01. The molecule has 2 aliphatic rings. The minimum atomic E-state index is 0. The quantitative estimate of drug-likeness (QED) is 0.877. The zero-order valence-corrected chi connectivity index (χ0v) is 16.0. The molecule has 3 rings (SSSR count). The Morgan fingerprint density at radius 3 is 2.46 bits per heavy atom. The molecule has 1 N–H and O–H groups in total. The van der Waals surface area contributed by atoms with Gasteiger partial charge in [0.25, 0.3) is 0 Å². The second-order valence-electron chi connectivity index (χ2n) is 6.35. The topological polar surface area (TPSA) is 35.6 Å². The highest BCUT2D eigenvalue weighted by molar-refractivity contribution is 5.97. The summed E-state index contributed by atoms with van der Waals surface area (Å²) in [6.07, 6.45) is 4.16. The maximum absolute atomic E-state index is 12.7. The van der Waals surface area contributed by atoms with Gasteiger partial charge in [-0.05, 0) is 57.3 Å². The number of fused-ring (bicyclic) bond motifs is 1. The van der Waals surface area contributed by atoms with Gasteiger partial charge < -0.3 is 15.1 Å². The number of anilines is 2. The highest BCUT2D eigenvalue weighted by Crippen LogP contribution is 2.33. The number of benzene rings is 1. The van der Waals surface area contributed by atoms with Crippen molar-refractivity contribution >= 4 is 42.1 Å². The van der Waals surface area contributed by atoms with Crippen molar-refractivity contribution < 1.29 is 4.79 Å². The lowest BCUT2D eigenvalue weighted by molar-refractivity contribution is -0.119. The van der Waals surface area contributed by atoms with Crippen molar-refractivity contribution in [2.75, 3.05) is 42.5 Å². The largest absolute Gasteiger partial charge is 0.368 e.